The fourth-order valence-corrected chi connectivity index (χ4v) is 2.32. The molecule has 0 saturated carbocycles. The Morgan fingerprint density at radius 1 is 1.38 bits per heavy atom. The summed E-state index contributed by atoms with van der Waals surface area (Å²) in [6.45, 7) is 3.95. The van der Waals surface area contributed by atoms with Gasteiger partial charge in [0.2, 0.25) is 5.91 Å². The number of carbonyl (C=O) groups is 1. The molecule has 0 spiro atoms. The molecule has 1 atom stereocenters. The molecule has 0 fully saturated rings. The van der Waals surface area contributed by atoms with Crippen molar-refractivity contribution in [3.05, 3.63) is 52.6 Å². The van der Waals surface area contributed by atoms with Gasteiger partial charge in [-0.15, -0.1) is 0 Å². The molecule has 21 heavy (non-hydrogen) atoms. The number of aryl methyl sites for hydroxylation is 2. The van der Waals surface area contributed by atoms with E-state index in [4.69, 9.17) is 11.6 Å². The van der Waals surface area contributed by atoms with Crippen LogP contribution in [0.5, 0.6) is 0 Å². The first-order valence-electron chi connectivity index (χ1n) is 7.07. The Hall–Kier alpha value is -1.81. The highest BCUT2D eigenvalue weighted by Gasteiger charge is 2.09. The van der Waals surface area contributed by atoms with Crippen molar-refractivity contribution in [1.82, 2.24) is 15.3 Å². The Morgan fingerprint density at radius 3 is 2.71 bits per heavy atom. The third-order valence-electron chi connectivity index (χ3n) is 3.21. The summed E-state index contributed by atoms with van der Waals surface area (Å²) in [7, 11) is 0. The minimum absolute atomic E-state index is 0.0468. The highest BCUT2D eigenvalue weighted by molar-refractivity contribution is 6.30. The molecule has 4 nitrogen and oxygen atoms in total. The lowest BCUT2D eigenvalue weighted by Gasteiger charge is -2.13. The normalized spacial score (nSPS) is 12.1. The van der Waals surface area contributed by atoms with E-state index < -0.39 is 0 Å². The SMILES string of the molecule is Cc1cnc(CCC(=O)NC(C)Cc2ccc(Cl)cc2)[nH]1. The highest BCUT2D eigenvalue weighted by Crippen LogP contribution is 2.11. The third kappa shape index (κ3) is 5.23. The Bertz CT molecular complexity index is 592. The van der Waals surface area contributed by atoms with Gasteiger partial charge in [-0.25, -0.2) is 4.98 Å². The van der Waals surface area contributed by atoms with E-state index in [1.807, 2.05) is 38.1 Å². The van der Waals surface area contributed by atoms with E-state index in [0.717, 1.165) is 28.5 Å². The monoisotopic (exact) mass is 305 g/mol. The molecule has 0 aliphatic rings. The van der Waals surface area contributed by atoms with Gasteiger partial charge in [0.05, 0.1) is 0 Å². The van der Waals surface area contributed by atoms with Gasteiger partial charge in [-0.05, 0) is 38.0 Å². The van der Waals surface area contributed by atoms with Crippen molar-refractivity contribution in [2.45, 2.75) is 39.2 Å². The summed E-state index contributed by atoms with van der Waals surface area (Å²) >= 11 is 5.86. The maximum absolute atomic E-state index is 11.9. The largest absolute Gasteiger partial charge is 0.353 e. The number of hydrogen-bond donors (Lipinski definition) is 2. The third-order valence-corrected chi connectivity index (χ3v) is 3.46. The predicted octanol–water partition coefficient (Wildman–Crippen LogP) is 3.05. The van der Waals surface area contributed by atoms with Gasteiger partial charge in [-0.1, -0.05) is 23.7 Å². The summed E-state index contributed by atoms with van der Waals surface area (Å²) in [5, 5.41) is 3.73. The summed E-state index contributed by atoms with van der Waals surface area (Å²) in [6, 6.07) is 7.79. The Labute approximate surface area is 129 Å². The Kier molecular flexibility index (Phi) is 5.39. The minimum atomic E-state index is 0.0468. The van der Waals surface area contributed by atoms with E-state index in [9.17, 15) is 4.79 Å². The molecule has 0 bridgehead atoms. The van der Waals surface area contributed by atoms with Crippen LogP contribution in [0.15, 0.2) is 30.5 Å². The van der Waals surface area contributed by atoms with Crippen molar-refractivity contribution in [3.8, 4) is 0 Å². The molecule has 1 aromatic carbocycles. The quantitative estimate of drug-likeness (QED) is 0.862. The van der Waals surface area contributed by atoms with Gasteiger partial charge in [0.25, 0.3) is 0 Å². The van der Waals surface area contributed by atoms with Gasteiger partial charge in [0, 0.05) is 35.8 Å². The van der Waals surface area contributed by atoms with Crippen LogP contribution in [-0.2, 0) is 17.6 Å². The number of amides is 1. The number of hydrogen-bond acceptors (Lipinski definition) is 2. The van der Waals surface area contributed by atoms with Crippen LogP contribution in [0.1, 0.15) is 30.4 Å². The lowest BCUT2D eigenvalue weighted by atomic mass is 10.1. The van der Waals surface area contributed by atoms with E-state index in [2.05, 4.69) is 15.3 Å². The molecule has 1 unspecified atom stereocenters. The average Bonchev–Trinajstić information content (AvgIpc) is 2.85. The topological polar surface area (TPSA) is 57.8 Å². The Morgan fingerprint density at radius 2 is 2.10 bits per heavy atom. The number of benzene rings is 1. The van der Waals surface area contributed by atoms with Crippen LogP contribution in [0.2, 0.25) is 5.02 Å². The smallest absolute Gasteiger partial charge is 0.220 e. The van der Waals surface area contributed by atoms with Gasteiger partial charge in [-0.3, -0.25) is 4.79 Å². The first kappa shape index (κ1) is 15.6. The fourth-order valence-electron chi connectivity index (χ4n) is 2.20. The second-order valence-electron chi connectivity index (χ2n) is 5.31. The number of nitrogens with one attached hydrogen (secondary N) is 2. The molecule has 2 rings (SSSR count). The van der Waals surface area contributed by atoms with Gasteiger partial charge in [0.1, 0.15) is 5.82 Å². The maximum atomic E-state index is 11.9. The van der Waals surface area contributed by atoms with Gasteiger partial charge in [0.15, 0.2) is 0 Å². The number of rotatable bonds is 6. The fraction of sp³-hybridized carbons (Fsp3) is 0.375. The lowest BCUT2D eigenvalue weighted by molar-refractivity contribution is -0.121. The van der Waals surface area contributed by atoms with Crippen molar-refractivity contribution in [1.29, 1.82) is 0 Å². The van der Waals surface area contributed by atoms with E-state index >= 15 is 0 Å². The molecular formula is C16H20ClN3O. The van der Waals surface area contributed by atoms with Crippen LogP contribution in [0.4, 0.5) is 0 Å². The number of imidazole rings is 1. The van der Waals surface area contributed by atoms with Crippen molar-refractivity contribution in [2.75, 3.05) is 0 Å². The highest BCUT2D eigenvalue weighted by atomic mass is 35.5. The number of aromatic amines is 1. The zero-order chi connectivity index (χ0) is 15.2. The maximum Gasteiger partial charge on any atom is 0.220 e. The molecule has 5 heteroatoms. The number of aromatic nitrogens is 2. The van der Waals surface area contributed by atoms with E-state index in [1.54, 1.807) is 6.20 Å². The van der Waals surface area contributed by atoms with Gasteiger partial charge < -0.3 is 10.3 Å². The number of carbonyl (C=O) groups excluding carboxylic acids is 1. The van der Waals surface area contributed by atoms with Crippen molar-refractivity contribution in [2.24, 2.45) is 0 Å². The summed E-state index contributed by atoms with van der Waals surface area (Å²) in [5.41, 5.74) is 2.18. The summed E-state index contributed by atoms with van der Waals surface area (Å²) in [5.74, 6) is 0.901. The summed E-state index contributed by atoms with van der Waals surface area (Å²) in [4.78, 5) is 19.2. The van der Waals surface area contributed by atoms with E-state index in [-0.39, 0.29) is 11.9 Å². The van der Waals surface area contributed by atoms with E-state index in [1.165, 1.54) is 0 Å². The van der Waals surface area contributed by atoms with Crippen LogP contribution < -0.4 is 5.32 Å². The first-order valence-corrected chi connectivity index (χ1v) is 7.45. The zero-order valence-corrected chi connectivity index (χ0v) is 13.1. The van der Waals surface area contributed by atoms with Crippen molar-refractivity contribution in [3.63, 3.8) is 0 Å². The first-order chi connectivity index (χ1) is 10.0. The number of H-pyrrole nitrogens is 1. The van der Waals surface area contributed by atoms with Gasteiger partial charge in [-0.2, -0.15) is 0 Å². The second-order valence-corrected chi connectivity index (χ2v) is 5.75. The standard InChI is InChI=1S/C16H20ClN3O/c1-11(9-13-3-5-14(17)6-4-13)20-16(21)8-7-15-18-10-12(2)19-15/h3-6,10-11H,7-9H2,1-2H3,(H,18,19)(H,20,21). The molecule has 0 aliphatic heterocycles. The molecule has 2 N–H and O–H groups in total. The molecule has 0 saturated heterocycles. The summed E-state index contributed by atoms with van der Waals surface area (Å²) < 4.78 is 0. The van der Waals surface area contributed by atoms with Crippen LogP contribution >= 0.6 is 11.6 Å². The number of halogens is 1. The Balaban J connectivity index is 1.75. The molecule has 2 aromatic rings. The molecule has 1 heterocycles. The average molecular weight is 306 g/mol. The minimum Gasteiger partial charge on any atom is -0.353 e. The number of nitrogens with zero attached hydrogens (tertiary/aromatic N) is 1. The van der Waals surface area contributed by atoms with Gasteiger partial charge >= 0.3 is 0 Å². The molecule has 112 valence electrons. The van der Waals surface area contributed by atoms with Crippen molar-refractivity contribution >= 4 is 17.5 Å². The van der Waals surface area contributed by atoms with Crippen LogP contribution in [0, 0.1) is 6.92 Å². The van der Waals surface area contributed by atoms with Crippen LogP contribution in [0.3, 0.4) is 0 Å². The molecule has 0 aliphatic carbocycles. The van der Waals surface area contributed by atoms with Crippen molar-refractivity contribution < 1.29 is 4.79 Å². The zero-order valence-electron chi connectivity index (χ0n) is 12.3. The molecule has 1 amide bonds. The predicted molar refractivity (Wildman–Crippen MR) is 84.4 cm³/mol. The lowest BCUT2D eigenvalue weighted by Crippen LogP contribution is -2.34. The van der Waals surface area contributed by atoms with Crippen LogP contribution in [0.25, 0.3) is 0 Å². The van der Waals surface area contributed by atoms with E-state index in [0.29, 0.717) is 12.8 Å². The van der Waals surface area contributed by atoms with Crippen LogP contribution in [-0.4, -0.2) is 21.9 Å². The second kappa shape index (κ2) is 7.27. The summed E-state index contributed by atoms with van der Waals surface area (Å²) in [6.07, 6.45) is 3.64. The molecule has 0 radical (unpaired) electrons. The molecular weight excluding hydrogens is 286 g/mol. The molecule has 1 aromatic heterocycles.